The van der Waals surface area contributed by atoms with Crippen molar-refractivity contribution >= 4 is 11.8 Å². The van der Waals surface area contributed by atoms with E-state index in [9.17, 15) is 14.4 Å². The number of nitrogens with zero attached hydrogens (tertiary/aromatic N) is 1. The average Bonchev–Trinajstić information content (AvgIpc) is 3.20. The smallest absolute Gasteiger partial charge is 0.261 e. The molecular formula is C20H22N4O6. The van der Waals surface area contributed by atoms with Crippen LogP contribution in [0.4, 0.5) is 0 Å². The first-order valence-electron chi connectivity index (χ1n) is 9.52. The molecule has 1 saturated heterocycles. The third-order valence-electron chi connectivity index (χ3n) is 4.97. The topological polar surface area (TPSA) is 136 Å². The molecule has 2 aromatic rings. The van der Waals surface area contributed by atoms with Gasteiger partial charge in [0.15, 0.2) is 11.5 Å². The molecule has 0 aliphatic carbocycles. The van der Waals surface area contributed by atoms with Crippen molar-refractivity contribution in [2.75, 3.05) is 26.5 Å². The molecule has 0 saturated carbocycles. The Morgan fingerprint density at radius 2 is 2.03 bits per heavy atom. The van der Waals surface area contributed by atoms with Crippen LogP contribution in [0.1, 0.15) is 21.6 Å². The van der Waals surface area contributed by atoms with Crippen molar-refractivity contribution in [2.45, 2.75) is 19.2 Å². The van der Waals surface area contributed by atoms with Crippen molar-refractivity contribution in [3.05, 3.63) is 57.5 Å². The first kappa shape index (κ1) is 19.9. The number of H-pyrrole nitrogens is 1. The van der Waals surface area contributed by atoms with E-state index in [0.29, 0.717) is 43.4 Å². The van der Waals surface area contributed by atoms with E-state index in [1.54, 1.807) is 18.2 Å². The van der Waals surface area contributed by atoms with Gasteiger partial charge in [-0.25, -0.2) is 0 Å². The molecule has 4 N–H and O–H groups in total. The second-order valence-electron chi connectivity index (χ2n) is 7.09. The van der Waals surface area contributed by atoms with Crippen LogP contribution in [0, 0.1) is 0 Å². The van der Waals surface area contributed by atoms with E-state index >= 15 is 0 Å². The van der Waals surface area contributed by atoms with E-state index < -0.39 is 23.5 Å². The first-order chi connectivity index (χ1) is 14.5. The highest BCUT2D eigenvalue weighted by atomic mass is 16.7. The molecular weight excluding hydrogens is 392 g/mol. The molecule has 2 amide bonds. The maximum atomic E-state index is 12.4. The molecule has 3 heterocycles. The number of nitrogens with one attached hydrogen (secondary N) is 2. The minimum atomic E-state index is -0.660. The van der Waals surface area contributed by atoms with Gasteiger partial charge in [-0.05, 0) is 29.8 Å². The summed E-state index contributed by atoms with van der Waals surface area (Å²) >= 11 is 0. The lowest BCUT2D eigenvalue weighted by atomic mass is 10.2. The third kappa shape index (κ3) is 4.44. The number of hydrogen-bond donors (Lipinski definition) is 3. The van der Waals surface area contributed by atoms with Gasteiger partial charge in [0.05, 0.1) is 6.61 Å². The number of morpholine rings is 1. The highest BCUT2D eigenvalue weighted by molar-refractivity contribution is 5.93. The van der Waals surface area contributed by atoms with Crippen LogP contribution in [0.5, 0.6) is 11.5 Å². The van der Waals surface area contributed by atoms with Gasteiger partial charge >= 0.3 is 0 Å². The quantitative estimate of drug-likeness (QED) is 0.591. The minimum absolute atomic E-state index is 0.0245. The number of aromatic amines is 1. The number of rotatable bonds is 6. The summed E-state index contributed by atoms with van der Waals surface area (Å²) in [5.74, 6) is 0.313. The SMILES string of the molecule is NC(=O)[C@H]1CN(Cc2ccc(C(=O)NCc3ccc4c(c3)OCO4)c(=O)[nH]2)CCO1. The second kappa shape index (κ2) is 8.56. The van der Waals surface area contributed by atoms with Crippen molar-refractivity contribution in [3.63, 3.8) is 0 Å². The molecule has 0 bridgehead atoms. The number of benzene rings is 1. The Kier molecular flexibility index (Phi) is 5.68. The monoisotopic (exact) mass is 414 g/mol. The lowest BCUT2D eigenvalue weighted by Gasteiger charge is -2.31. The highest BCUT2D eigenvalue weighted by Gasteiger charge is 2.25. The number of carbonyl (C=O) groups is 2. The van der Waals surface area contributed by atoms with E-state index in [-0.39, 0.29) is 18.9 Å². The van der Waals surface area contributed by atoms with Gasteiger partial charge in [0, 0.05) is 31.9 Å². The summed E-state index contributed by atoms with van der Waals surface area (Å²) in [7, 11) is 0. The van der Waals surface area contributed by atoms with Gasteiger partial charge in [-0.3, -0.25) is 19.3 Å². The van der Waals surface area contributed by atoms with Crippen LogP contribution < -0.4 is 26.1 Å². The van der Waals surface area contributed by atoms with Crippen molar-refractivity contribution in [2.24, 2.45) is 5.73 Å². The van der Waals surface area contributed by atoms with E-state index in [1.807, 2.05) is 11.0 Å². The molecule has 2 aliphatic heterocycles. The Hall–Kier alpha value is -3.37. The molecule has 4 rings (SSSR count). The van der Waals surface area contributed by atoms with Crippen LogP contribution in [-0.4, -0.2) is 54.3 Å². The number of amides is 2. The van der Waals surface area contributed by atoms with Gasteiger partial charge in [-0.2, -0.15) is 0 Å². The summed E-state index contributed by atoms with van der Waals surface area (Å²) in [5, 5.41) is 2.73. The highest BCUT2D eigenvalue weighted by Crippen LogP contribution is 2.32. The number of nitrogens with two attached hydrogens (primary N) is 1. The number of ether oxygens (including phenoxy) is 3. The first-order valence-corrected chi connectivity index (χ1v) is 9.52. The fourth-order valence-electron chi connectivity index (χ4n) is 3.37. The van der Waals surface area contributed by atoms with Gasteiger partial charge in [-0.1, -0.05) is 6.07 Å². The minimum Gasteiger partial charge on any atom is -0.454 e. The molecule has 30 heavy (non-hydrogen) atoms. The predicted molar refractivity (Wildman–Crippen MR) is 105 cm³/mol. The Balaban J connectivity index is 1.36. The summed E-state index contributed by atoms with van der Waals surface area (Å²) in [4.78, 5) is 40.8. The van der Waals surface area contributed by atoms with Crippen molar-refractivity contribution in [1.29, 1.82) is 0 Å². The van der Waals surface area contributed by atoms with E-state index in [4.69, 9.17) is 19.9 Å². The molecule has 158 valence electrons. The van der Waals surface area contributed by atoms with E-state index in [2.05, 4.69) is 10.3 Å². The van der Waals surface area contributed by atoms with Crippen LogP contribution in [0.25, 0.3) is 0 Å². The van der Waals surface area contributed by atoms with Crippen molar-refractivity contribution in [3.8, 4) is 11.5 Å². The number of carbonyl (C=O) groups excluding carboxylic acids is 2. The zero-order valence-corrected chi connectivity index (χ0v) is 16.2. The zero-order chi connectivity index (χ0) is 21.1. The number of pyridine rings is 1. The van der Waals surface area contributed by atoms with Crippen LogP contribution in [-0.2, 0) is 22.6 Å². The standard InChI is InChI=1S/C20H22N4O6/c21-18(25)17-10-24(5-6-28-17)9-13-2-3-14(20(27)23-13)19(26)22-8-12-1-4-15-16(7-12)30-11-29-15/h1-4,7,17H,5-6,8-11H2,(H2,21,25)(H,22,26)(H,23,27)/t17-/m1/s1. The fraction of sp³-hybridized carbons (Fsp3) is 0.350. The summed E-state index contributed by atoms with van der Waals surface area (Å²) in [6.45, 7) is 2.21. The molecule has 1 atom stereocenters. The fourth-order valence-corrected chi connectivity index (χ4v) is 3.37. The van der Waals surface area contributed by atoms with Gasteiger partial charge in [0.1, 0.15) is 11.7 Å². The number of primary amides is 1. The van der Waals surface area contributed by atoms with Gasteiger partial charge < -0.3 is 30.2 Å². The maximum absolute atomic E-state index is 12.4. The molecule has 2 aliphatic rings. The Morgan fingerprint density at radius 3 is 2.83 bits per heavy atom. The maximum Gasteiger partial charge on any atom is 0.261 e. The van der Waals surface area contributed by atoms with Crippen molar-refractivity contribution < 1.29 is 23.8 Å². The zero-order valence-electron chi connectivity index (χ0n) is 16.2. The number of fused-ring (bicyclic) bond motifs is 1. The Morgan fingerprint density at radius 1 is 1.20 bits per heavy atom. The van der Waals surface area contributed by atoms with Gasteiger partial charge in [-0.15, -0.1) is 0 Å². The van der Waals surface area contributed by atoms with E-state index in [1.165, 1.54) is 6.07 Å². The summed E-state index contributed by atoms with van der Waals surface area (Å²) < 4.78 is 15.9. The summed E-state index contributed by atoms with van der Waals surface area (Å²) in [6, 6.07) is 8.57. The molecule has 0 spiro atoms. The number of aromatic nitrogens is 1. The molecule has 1 fully saturated rings. The molecule has 1 aromatic heterocycles. The van der Waals surface area contributed by atoms with Gasteiger partial charge in [0.2, 0.25) is 12.7 Å². The number of hydrogen-bond acceptors (Lipinski definition) is 7. The molecule has 0 unspecified atom stereocenters. The Labute approximate surface area is 171 Å². The van der Waals surface area contributed by atoms with E-state index in [0.717, 1.165) is 5.56 Å². The normalized spacial score (nSPS) is 18.2. The third-order valence-corrected chi connectivity index (χ3v) is 4.97. The average molecular weight is 414 g/mol. The van der Waals surface area contributed by atoms with Crippen LogP contribution in [0.3, 0.4) is 0 Å². The molecule has 0 radical (unpaired) electrons. The summed E-state index contributed by atoms with van der Waals surface area (Å²) in [6.07, 6.45) is -0.660. The summed E-state index contributed by atoms with van der Waals surface area (Å²) in [5.41, 5.74) is 6.31. The van der Waals surface area contributed by atoms with Crippen LogP contribution in [0.2, 0.25) is 0 Å². The van der Waals surface area contributed by atoms with Crippen LogP contribution >= 0.6 is 0 Å². The Bertz CT molecular complexity index is 1020. The molecule has 10 heteroatoms. The van der Waals surface area contributed by atoms with Crippen LogP contribution in [0.15, 0.2) is 35.1 Å². The predicted octanol–water partition coefficient (Wildman–Crippen LogP) is -0.280. The van der Waals surface area contributed by atoms with Crippen molar-refractivity contribution in [1.82, 2.24) is 15.2 Å². The lowest BCUT2D eigenvalue weighted by Crippen LogP contribution is -2.48. The largest absolute Gasteiger partial charge is 0.454 e. The molecule has 1 aromatic carbocycles. The molecule has 10 nitrogen and oxygen atoms in total. The lowest BCUT2D eigenvalue weighted by molar-refractivity contribution is -0.135. The second-order valence-corrected chi connectivity index (χ2v) is 7.09. The van der Waals surface area contributed by atoms with Gasteiger partial charge in [0.25, 0.3) is 11.5 Å².